The smallest absolute Gasteiger partial charge is 0.243 e. The molecular weight excluding hydrogens is 303 g/mol. The summed E-state index contributed by atoms with van der Waals surface area (Å²) in [7, 11) is 0. The number of tetrazole rings is 1. The lowest BCUT2D eigenvalue weighted by molar-refractivity contribution is -0.122. The number of hydrogen-bond donors (Lipinski definition) is 2. The third-order valence-corrected chi connectivity index (χ3v) is 2.56. The highest BCUT2D eigenvalue weighted by Gasteiger charge is 2.08. The van der Waals surface area contributed by atoms with Crippen molar-refractivity contribution >= 4 is 29.9 Å². The van der Waals surface area contributed by atoms with Crippen molar-refractivity contribution < 1.29 is 4.79 Å². The number of benzene rings is 1. The molecule has 0 unspecified atom stereocenters. The monoisotopic (exact) mass is 316 g/mol. The average molecular weight is 317 g/mol. The second-order valence-electron chi connectivity index (χ2n) is 3.79. The quantitative estimate of drug-likeness (QED) is 0.836. The standard InChI is InChI=1S/C11H13ClN6O.ClH/c12-9-3-1-8(2-4-9)11-15-17-18(16-11)7-10(19)14-6-5-13;/h1-4H,5-7,13H2,(H,14,19);1H. The lowest BCUT2D eigenvalue weighted by atomic mass is 10.2. The molecule has 0 spiro atoms. The maximum atomic E-state index is 11.4. The largest absolute Gasteiger partial charge is 0.353 e. The first-order valence-electron chi connectivity index (χ1n) is 5.69. The van der Waals surface area contributed by atoms with Gasteiger partial charge in [-0.25, -0.2) is 0 Å². The zero-order chi connectivity index (χ0) is 13.7. The number of carbonyl (C=O) groups is 1. The van der Waals surface area contributed by atoms with Crippen molar-refractivity contribution in [1.82, 2.24) is 25.5 Å². The van der Waals surface area contributed by atoms with Crippen molar-refractivity contribution in [2.24, 2.45) is 5.73 Å². The number of nitrogens with zero attached hydrogens (tertiary/aromatic N) is 4. The molecule has 1 aromatic heterocycles. The van der Waals surface area contributed by atoms with E-state index in [1.54, 1.807) is 24.3 Å². The summed E-state index contributed by atoms with van der Waals surface area (Å²) < 4.78 is 0. The third kappa shape index (κ3) is 4.44. The molecule has 3 N–H and O–H groups in total. The number of rotatable bonds is 5. The SMILES string of the molecule is Cl.NCCNC(=O)Cn1nnc(-c2ccc(Cl)cc2)n1. The Kier molecular flexibility index (Phi) is 6.37. The Hall–Kier alpha value is -1.70. The van der Waals surface area contributed by atoms with Gasteiger partial charge in [0.2, 0.25) is 11.7 Å². The van der Waals surface area contributed by atoms with E-state index in [9.17, 15) is 4.79 Å². The lowest BCUT2D eigenvalue weighted by Gasteiger charge is -2.01. The molecule has 0 saturated heterocycles. The van der Waals surface area contributed by atoms with Crippen LogP contribution >= 0.6 is 24.0 Å². The molecule has 7 nitrogen and oxygen atoms in total. The van der Waals surface area contributed by atoms with Gasteiger partial charge in [0.1, 0.15) is 6.54 Å². The Balaban J connectivity index is 0.00000200. The number of nitrogens with two attached hydrogens (primary N) is 1. The van der Waals surface area contributed by atoms with Gasteiger partial charge in [0.05, 0.1) is 0 Å². The van der Waals surface area contributed by atoms with Crippen LogP contribution in [0.1, 0.15) is 0 Å². The summed E-state index contributed by atoms with van der Waals surface area (Å²) in [6.45, 7) is 0.838. The molecule has 20 heavy (non-hydrogen) atoms. The van der Waals surface area contributed by atoms with E-state index in [4.69, 9.17) is 17.3 Å². The van der Waals surface area contributed by atoms with Crippen LogP contribution in [-0.4, -0.2) is 39.2 Å². The molecule has 2 aromatic rings. The van der Waals surface area contributed by atoms with E-state index < -0.39 is 0 Å². The summed E-state index contributed by atoms with van der Waals surface area (Å²) >= 11 is 5.80. The van der Waals surface area contributed by atoms with Crippen LogP contribution in [0, 0.1) is 0 Å². The Morgan fingerprint density at radius 1 is 1.35 bits per heavy atom. The molecule has 0 fully saturated rings. The number of hydrogen-bond acceptors (Lipinski definition) is 5. The van der Waals surface area contributed by atoms with Gasteiger partial charge in [-0.05, 0) is 29.5 Å². The fraction of sp³-hybridized carbons (Fsp3) is 0.273. The number of nitrogens with one attached hydrogen (secondary N) is 1. The first-order valence-corrected chi connectivity index (χ1v) is 6.07. The minimum absolute atomic E-state index is 0. The van der Waals surface area contributed by atoms with Gasteiger partial charge >= 0.3 is 0 Å². The zero-order valence-corrected chi connectivity index (χ0v) is 12.1. The predicted molar refractivity (Wildman–Crippen MR) is 77.6 cm³/mol. The summed E-state index contributed by atoms with van der Waals surface area (Å²) in [5.41, 5.74) is 6.08. The molecule has 2 rings (SSSR count). The van der Waals surface area contributed by atoms with Gasteiger partial charge in [0, 0.05) is 23.7 Å². The molecular formula is C11H14Cl2N6O. The molecule has 1 amide bonds. The van der Waals surface area contributed by atoms with Crippen LogP contribution in [0.3, 0.4) is 0 Å². The second kappa shape index (κ2) is 7.78. The van der Waals surface area contributed by atoms with Crippen molar-refractivity contribution in [3.8, 4) is 11.4 Å². The maximum Gasteiger partial charge on any atom is 0.243 e. The van der Waals surface area contributed by atoms with E-state index in [2.05, 4.69) is 20.7 Å². The highest BCUT2D eigenvalue weighted by atomic mass is 35.5. The molecule has 108 valence electrons. The van der Waals surface area contributed by atoms with Gasteiger partial charge in [0.25, 0.3) is 0 Å². The van der Waals surface area contributed by atoms with Crippen LogP contribution in [0.2, 0.25) is 5.02 Å². The number of amides is 1. The Bertz CT molecular complexity index is 556. The molecule has 9 heteroatoms. The van der Waals surface area contributed by atoms with E-state index in [1.165, 1.54) is 4.80 Å². The topological polar surface area (TPSA) is 98.7 Å². The first-order chi connectivity index (χ1) is 9.19. The maximum absolute atomic E-state index is 11.4. The Morgan fingerprint density at radius 2 is 2.05 bits per heavy atom. The molecule has 0 atom stereocenters. The molecule has 1 heterocycles. The number of carbonyl (C=O) groups excluding carboxylic acids is 1. The lowest BCUT2D eigenvalue weighted by Crippen LogP contribution is -2.32. The van der Waals surface area contributed by atoms with E-state index in [0.29, 0.717) is 23.9 Å². The molecule has 0 aliphatic rings. The van der Waals surface area contributed by atoms with E-state index in [1.807, 2.05) is 0 Å². The molecule has 1 aromatic carbocycles. The van der Waals surface area contributed by atoms with Crippen molar-refractivity contribution in [3.63, 3.8) is 0 Å². The number of aromatic nitrogens is 4. The highest BCUT2D eigenvalue weighted by molar-refractivity contribution is 6.30. The third-order valence-electron chi connectivity index (χ3n) is 2.31. The predicted octanol–water partition coefficient (Wildman–Crippen LogP) is 0.490. The Morgan fingerprint density at radius 3 is 2.70 bits per heavy atom. The van der Waals surface area contributed by atoms with E-state index >= 15 is 0 Å². The summed E-state index contributed by atoms with van der Waals surface area (Å²) in [6, 6.07) is 7.06. The summed E-state index contributed by atoms with van der Waals surface area (Å²) in [5, 5.41) is 15.1. The van der Waals surface area contributed by atoms with Crippen LogP contribution in [0.5, 0.6) is 0 Å². The fourth-order valence-corrected chi connectivity index (χ4v) is 1.55. The zero-order valence-electron chi connectivity index (χ0n) is 10.5. The summed E-state index contributed by atoms with van der Waals surface area (Å²) in [6.07, 6.45) is 0. The Labute approximate surface area is 126 Å². The van der Waals surface area contributed by atoms with Crippen molar-refractivity contribution in [3.05, 3.63) is 29.3 Å². The van der Waals surface area contributed by atoms with Crippen molar-refractivity contribution in [2.75, 3.05) is 13.1 Å². The van der Waals surface area contributed by atoms with E-state index in [0.717, 1.165) is 5.56 Å². The summed E-state index contributed by atoms with van der Waals surface area (Å²) in [5.74, 6) is 0.244. The normalized spacial score (nSPS) is 9.90. The van der Waals surface area contributed by atoms with Gasteiger partial charge < -0.3 is 11.1 Å². The van der Waals surface area contributed by atoms with Gasteiger partial charge in [-0.15, -0.1) is 22.6 Å². The number of halogens is 2. The molecule has 0 aliphatic carbocycles. The van der Waals surface area contributed by atoms with Gasteiger partial charge in [-0.3, -0.25) is 4.79 Å². The van der Waals surface area contributed by atoms with Gasteiger partial charge in [-0.1, -0.05) is 11.6 Å². The second-order valence-corrected chi connectivity index (χ2v) is 4.23. The van der Waals surface area contributed by atoms with Crippen molar-refractivity contribution in [1.29, 1.82) is 0 Å². The fourth-order valence-electron chi connectivity index (χ4n) is 1.42. The van der Waals surface area contributed by atoms with Crippen LogP contribution in [0.25, 0.3) is 11.4 Å². The van der Waals surface area contributed by atoms with Crippen LogP contribution in [-0.2, 0) is 11.3 Å². The van der Waals surface area contributed by atoms with E-state index in [-0.39, 0.29) is 24.9 Å². The van der Waals surface area contributed by atoms with Gasteiger partial charge in [-0.2, -0.15) is 4.80 Å². The van der Waals surface area contributed by atoms with Crippen LogP contribution < -0.4 is 11.1 Å². The minimum atomic E-state index is -0.203. The first kappa shape index (κ1) is 16.4. The minimum Gasteiger partial charge on any atom is -0.353 e. The molecule has 0 saturated carbocycles. The van der Waals surface area contributed by atoms with Gasteiger partial charge in [0.15, 0.2) is 0 Å². The average Bonchev–Trinajstić information content (AvgIpc) is 2.85. The van der Waals surface area contributed by atoms with Crippen molar-refractivity contribution in [2.45, 2.75) is 6.54 Å². The van der Waals surface area contributed by atoms with Crippen LogP contribution in [0.15, 0.2) is 24.3 Å². The molecule has 0 radical (unpaired) electrons. The molecule has 0 bridgehead atoms. The van der Waals surface area contributed by atoms with Crippen LogP contribution in [0.4, 0.5) is 0 Å². The highest BCUT2D eigenvalue weighted by Crippen LogP contribution is 2.16. The summed E-state index contributed by atoms with van der Waals surface area (Å²) in [4.78, 5) is 12.7. The molecule has 0 aliphatic heterocycles.